The second kappa shape index (κ2) is 4.65. The lowest BCUT2D eigenvalue weighted by Gasteiger charge is -2.20. The summed E-state index contributed by atoms with van der Waals surface area (Å²) >= 11 is 0. The molecule has 1 amide bonds. The number of amides is 1. The van der Waals surface area contributed by atoms with Crippen molar-refractivity contribution in [1.82, 2.24) is 0 Å². The van der Waals surface area contributed by atoms with Crippen molar-refractivity contribution in [2.45, 2.75) is 19.9 Å². The first kappa shape index (κ1) is 10.6. The van der Waals surface area contributed by atoms with E-state index in [1.54, 1.807) is 7.11 Å². The van der Waals surface area contributed by atoms with Gasteiger partial charge in [0.25, 0.3) is 0 Å². The molecular formula is C11H14NO2. The number of rotatable bonds is 4. The topological polar surface area (TPSA) is 29.5 Å². The zero-order chi connectivity index (χ0) is 10.6. The lowest BCUT2D eigenvalue weighted by atomic mass is 10.2. The summed E-state index contributed by atoms with van der Waals surface area (Å²) in [6, 6.07) is 7.45. The Labute approximate surface area is 84.3 Å². The first-order chi connectivity index (χ1) is 6.69. The van der Waals surface area contributed by atoms with Crippen molar-refractivity contribution < 1.29 is 9.53 Å². The predicted octanol–water partition coefficient (Wildman–Crippen LogP) is 1.98. The number of hydrogen-bond acceptors (Lipinski definition) is 2. The van der Waals surface area contributed by atoms with Crippen molar-refractivity contribution in [3.63, 3.8) is 0 Å². The van der Waals surface area contributed by atoms with Crippen molar-refractivity contribution in [3.05, 3.63) is 24.3 Å². The number of nitrogens with zero attached hydrogens (tertiary/aromatic N) is 1. The number of hydrogen-bond donors (Lipinski definition) is 0. The Bertz CT molecular complexity index is 310. The summed E-state index contributed by atoms with van der Waals surface area (Å²) < 4.78 is 5.07. The van der Waals surface area contributed by atoms with Crippen molar-refractivity contribution in [1.29, 1.82) is 0 Å². The summed E-state index contributed by atoms with van der Waals surface area (Å²) in [4.78, 5) is 12.2. The lowest BCUT2D eigenvalue weighted by Crippen LogP contribution is -2.28. The van der Waals surface area contributed by atoms with E-state index in [0.717, 1.165) is 11.4 Å². The van der Waals surface area contributed by atoms with Gasteiger partial charge in [-0.3, -0.25) is 4.79 Å². The minimum atomic E-state index is 0.0969. The molecule has 0 aliphatic heterocycles. The molecule has 14 heavy (non-hydrogen) atoms. The number of methoxy groups -OCH3 is 1. The molecule has 0 N–H and O–H groups in total. The molecule has 0 aliphatic carbocycles. The molecule has 3 heteroatoms. The van der Waals surface area contributed by atoms with Gasteiger partial charge in [0, 0.05) is 17.8 Å². The van der Waals surface area contributed by atoms with Crippen LogP contribution >= 0.6 is 0 Å². The molecule has 1 radical (unpaired) electrons. The van der Waals surface area contributed by atoms with Gasteiger partial charge in [-0.25, -0.2) is 0 Å². The van der Waals surface area contributed by atoms with Crippen LogP contribution in [0.3, 0.4) is 0 Å². The van der Waals surface area contributed by atoms with Crippen molar-refractivity contribution in [2.75, 3.05) is 12.0 Å². The Morgan fingerprint density at radius 2 is 2.14 bits per heavy atom. The van der Waals surface area contributed by atoms with E-state index >= 15 is 0 Å². The maximum atomic E-state index is 10.7. The molecule has 0 fully saturated rings. The Kier molecular flexibility index (Phi) is 3.51. The largest absolute Gasteiger partial charge is 0.497 e. The van der Waals surface area contributed by atoms with E-state index in [-0.39, 0.29) is 6.04 Å². The molecule has 0 saturated heterocycles. The number of benzene rings is 1. The van der Waals surface area contributed by atoms with Gasteiger partial charge in [-0.05, 0) is 26.0 Å². The van der Waals surface area contributed by atoms with E-state index in [0.29, 0.717) is 0 Å². The third kappa shape index (κ3) is 2.25. The zero-order valence-electron chi connectivity index (χ0n) is 8.65. The van der Waals surface area contributed by atoms with Crippen molar-refractivity contribution in [2.24, 2.45) is 0 Å². The quantitative estimate of drug-likeness (QED) is 0.683. The molecule has 1 aromatic rings. The molecule has 0 spiro atoms. The minimum absolute atomic E-state index is 0.0969. The van der Waals surface area contributed by atoms with Gasteiger partial charge in [-0.15, -0.1) is 0 Å². The van der Waals surface area contributed by atoms with Gasteiger partial charge >= 0.3 is 6.41 Å². The second-order valence-corrected chi connectivity index (χ2v) is 3.26. The van der Waals surface area contributed by atoms with Crippen molar-refractivity contribution >= 4 is 12.1 Å². The maximum Gasteiger partial charge on any atom is 0.317 e. The highest BCUT2D eigenvalue weighted by atomic mass is 16.5. The van der Waals surface area contributed by atoms with Gasteiger partial charge in [-0.2, -0.15) is 0 Å². The maximum absolute atomic E-state index is 10.7. The minimum Gasteiger partial charge on any atom is -0.497 e. The number of carbonyl (C=O) groups excluding carboxylic acids is 1. The third-order valence-corrected chi connectivity index (χ3v) is 1.95. The highest BCUT2D eigenvalue weighted by Crippen LogP contribution is 2.21. The highest BCUT2D eigenvalue weighted by Gasteiger charge is 2.10. The summed E-state index contributed by atoms with van der Waals surface area (Å²) in [6.45, 7) is 3.87. The molecule has 0 aromatic heterocycles. The average Bonchev–Trinajstić information content (AvgIpc) is 2.19. The van der Waals surface area contributed by atoms with Gasteiger partial charge in [0.15, 0.2) is 0 Å². The standard InChI is InChI=1S/C11H14NO2/c1-9(2)12(8-13)10-5-4-6-11(7-10)14-3/h4-7,9H,1-3H3. The van der Waals surface area contributed by atoms with Gasteiger partial charge in [0.05, 0.1) is 7.11 Å². The van der Waals surface area contributed by atoms with E-state index in [1.807, 2.05) is 44.5 Å². The molecule has 0 bridgehead atoms. The predicted molar refractivity (Wildman–Crippen MR) is 56.3 cm³/mol. The highest BCUT2D eigenvalue weighted by molar-refractivity contribution is 5.76. The van der Waals surface area contributed by atoms with Gasteiger partial charge in [0.1, 0.15) is 5.75 Å². The normalized spacial score (nSPS) is 10.0. The zero-order valence-corrected chi connectivity index (χ0v) is 8.65. The first-order valence-corrected chi connectivity index (χ1v) is 4.50. The lowest BCUT2D eigenvalue weighted by molar-refractivity contribution is 0.415. The summed E-state index contributed by atoms with van der Waals surface area (Å²) in [5, 5.41) is 0. The van der Waals surface area contributed by atoms with Crippen LogP contribution in [0, 0.1) is 0 Å². The molecule has 0 aliphatic rings. The fourth-order valence-electron chi connectivity index (χ4n) is 1.22. The molecule has 0 unspecified atom stereocenters. The van der Waals surface area contributed by atoms with E-state index in [1.165, 1.54) is 4.90 Å². The fraction of sp³-hybridized carbons (Fsp3) is 0.364. The van der Waals surface area contributed by atoms with Gasteiger partial charge < -0.3 is 9.64 Å². The van der Waals surface area contributed by atoms with Gasteiger partial charge in [0.2, 0.25) is 0 Å². The molecule has 75 valence electrons. The van der Waals surface area contributed by atoms with E-state index in [2.05, 4.69) is 0 Å². The van der Waals surface area contributed by atoms with Crippen LogP contribution in [0.15, 0.2) is 24.3 Å². The Hall–Kier alpha value is -1.51. The molecule has 1 aromatic carbocycles. The Balaban J connectivity index is 2.98. The number of anilines is 1. The molecule has 1 rings (SSSR count). The summed E-state index contributed by atoms with van der Waals surface area (Å²) in [5.74, 6) is 0.739. The SMILES string of the molecule is COc1cccc(N([C]=O)C(C)C)c1. The number of ether oxygens (including phenoxy) is 1. The summed E-state index contributed by atoms with van der Waals surface area (Å²) in [6.07, 6.45) is 1.90. The van der Waals surface area contributed by atoms with E-state index in [4.69, 9.17) is 4.74 Å². The van der Waals surface area contributed by atoms with Crippen LogP contribution in [0.2, 0.25) is 0 Å². The molecule has 3 nitrogen and oxygen atoms in total. The van der Waals surface area contributed by atoms with E-state index < -0.39 is 0 Å². The Morgan fingerprint density at radius 1 is 1.43 bits per heavy atom. The van der Waals surface area contributed by atoms with Crippen LogP contribution in [-0.4, -0.2) is 19.6 Å². The van der Waals surface area contributed by atoms with Crippen LogP contribution in [-0.2, 0) is 4.79 Å². The second-order valence-electron chi connectivity index (χ2n) is 3.26. The Morgan fingerprint density at radius 3 is 2.64 bits per heavy atom. The first-order valence-electron chi connectivity index (χ1n) is 4.50. The smallest absolute Gasteiger partial charge is 0.317 e. The summed E-state index contributed by atoms with van der Waals surface area (Å²) in [7, 11) is 1.60. The fourth-order valence-corrected chi connectivity index (χ4v) is 1.22. The monoisotopic (exact) mass is 192 g/mol. The van der Waals surface area contributed by atoms with Crippen LogP contribution in [0.1, 0.15) is 13.8 Å². The molecule has 0 heterocycles. The van der Waals surface area contributed by atoms with Gasteiger partial charge in [-0.1, -0.05) is 6.07 Å². The third-order valence-electron chi connectivity index (χ3n) is 1.95. The van der Waals surface area contributed by atoms with Crippen LogP contribution in [0.5, 0.6) is 5.75 Å². The van der Waals surface area contributed by atoms with Crippen molar-refractivity contribution in [3.8, 4) is 5.75 Å². The molecule has 0 saturated carbocycles. The van der Waals surface area contributed by atoms with Crippen LogP contribution < -0.4 is 9.64 Å². The van der Waals surface area contributed by atoms with Crippen LogP contribution in [0.25, 0.3) is 0 Å². The molecular weight excluding hydrogens is 178 g/mol. The average molecular weight is 192 g/mol. The van der Waals surface area contributed by atoms with E-state index in [9.17, 15) is 4.79 Å². The van der Waals surface area contributed by atoms with Crippen LogP contribution in [0.4, 0.5) is 5.69 Å². The molecule has 0 atom stereocenters. The summed E-state index contributed by atoms with van der Waals surface area (Å²) in [5.41, 5.74) is 0.800.